The molecule has 1 amide bonds. The van der Waals surface area contributed by atoms with Gasteiger partial charge < -0.3 is 10.2 Å². The molecule has 0 atom stereocenters. The summed E-state index contributed by atoms with van der Waals surface area (Å²) in [6, 6.07) is 6.24. The van der Waals surface area contributed by atoms with Gasteiger partial charge in [-0.3, -0.25) is 4.79 Å². The highest BCUT2D eigenvalue weighted by Crippen LogP contribution is 2.15. The van der Waals surface area contributed by atoms with E-state index in [0.717, 1.165) is 30.2 Å². The maximum absolute atomic E-state index is 12.2. The van der Waals surface area contributed by atoms with E-state index in [9.17, 15) is 13.2 Å². The van der Waals surface area contributed by atoms with Crippen molar-refractivity contribution in [2.45, 2.75) is 23.8 Å². The lowest BCUT2D eigenvalue weighted by Crippen LogP contribution is -2.43. The Bertz CT molecular complexity index is 618. The third kappa shape index (κ3) is 3.85. The number of amides is 1. The molecule has 122 valence electrons. The van der Waals surface area contributed by atoms with Gasteiger partial charge in [0.1, 0.15) is 0 Å². The van der Waals surface area contributed by atoms with E-state index in [4.69, 9.17) is 0 Å². The van der Waals surface area contributed by atoms with Crippen molar-refractivity contribution in [3.63, 3.8) is 0 Å². The Hall–Kier alpha value is -1.44. The summed E-state index contributed by atoms with van der Waals surface area (Å²) in [6.07, 6.45) is 1.88. The first-order chi connectivity index (χ1) is 10.3. The Morgan fingerprint density at radius 1 is 1.18 bits per heavy atom. The molecule has 0 aromatic heterocycles. The smallest absolute Gasteiger partial charge is 0.251 e. The summed E-state index contributed by atoms with van der Waals surface area (Å²) >= 11 is 0. The SMILES string of the molecule is CN1CCC(NC(=O)c2ccc(S(=O)(=O)N(C)C)cc2)CC1. The van der Waals surface area contributed by atoms with E-state index in [2.05, 4.69) is 17.3 Å². The maximum atomic E-state index is 12.2. The molecule has 0 unspecified atom stereocenters. The van der Waals surface area contributed by atoms with Crippen molar-refractivity contribution in [2.24, 2.45) is 0 Å². The summed E-state index contributed by atoms with van der Waals surface area (Å²) in [6.45, 7) is 1.95. The van der Waals surface area contributed by atoms with Gasteiger partial charge >= 0.3 is 0 Å². The van der Waals surface area contributed by atoms with Gasteiger partial charge in [0, 0.05) is 25.7 Å². The summed E-state index contributed by atoms with van der Waals surface area (Å²) in [7, 11) is 1.58. The second-order valence-electron chi connectivity index (χ2n) is 5.86. The molecule has 1 aliphatic heterocycles. The molecule has 0 saturated carbocycles. The average Bonchev–Trinajstić information content (AvgIpc) is 2.49. The predicted molar refractivity (Wildman–Crippen MR) is 85.3 cm³/mol. The highest BCUT2D eigenvalue weighted by molar-refractivity contribution is 7.89. The summed E-state index contributed by atoms with van der Waals surface area (Å²) < 4.78 is 25.1. The molecular formula is C15H23N3O3S. The second kappa shape index (κ2) is 6.76. The standard InChI is InChI=1S/C15H23N3O3S/c1-17(2)22(20,21)14-6-4-12(5-7-14)15(19)16-13-8-10-18(3)11-9-13/h4-7,13H,8-11H2,1-3H3,(H,16,19). The van der Waals surface area contributed by atoms with Crippen molar-refractivity contribution in [1.82, 2.24) is 14.5 Å². The van der Waals surface area contributed by atoms with Gasteiger partial charge in [0.15, 0.2) is 0 Å². The van der Waals surface area contributed by atoms with E-state index >= 15 is 0 Å². The molecule has 1 aliphatic rings. The van der Waals surface area contributed by atoms with Crippen LogP contribution in [-0.4, -0.2) is 63.8 Å². The minimum atomic E-state index is -3.46. The van der Waals surface area contributed by atoms with E-state index in [1.807, 2.05) is 0 Å². The van der Waals surface area contributed by atoms with Gasteiger partial charge in [0.25, 0.3) is 5.91 Å². The van der Waals surface area contributed by atoms with Crippen LogP contribution in [0.15, 0.2) is 29.2 Å². The van der Waals surface area contributed by atoms with E-state index in [1.165, 1.54) is 26.2 Å². The molecule has 6 nitrogen and oxygen atoms in total. The van der Waals surface area contributed by atoms with Crippen molar-refractivity contribution < 1.29 is 13.2 Å². The van der Waals surface area contributed by atoms with Crippen molar-refractivity contribution in [3.05, 3.63) is 29.8 Å². The lowest BCUT2D eigenvalue weighted by molar-refractivity contribution is 0.0917. The number of nitrogens with one attached hydrogen (secondary N) is 1. The number of nitrogens with zero attached hydrogens (tertiary/aromatic N) is 2. The van der Waals surface area contributed by atoms with E-state index < -0.39 is 10.0 Å². The molecule has 1 aromatic carbocycles. The summed E-state index contributed by atoms with van der Waals surface area (Å²) in [5, 5.41) is 3.01. The Morgan fingerprint density at radius 2 is 1.73 bits per heavy atom. The van der Waals surface area contributed by atoms with Crippen LogP contribution in [0.5, 0.6) is 0 Å². The van der Waals surface area contributed by atoms with Crippen LogP contribution in [0.3, 0.4) is 0 Å². The summed E-state index contributed by atoms with van der Waals surface area (Å²) in [5.41, 5.74) is 0.483. The molecule has 0 bridgehead atoms. The molecule has 22 heavy (non-hydrogen) atoms. The monoisotopic (exact) mass is 325 g/mol. The zero-order valence-corrected chi connectivity index (χ0v) is 14.1. The number of sulfonamides is 1. The normalized spacial score (nSPS) is 17.6. The van der Waals surface area contributed by atoms with Crippen LogP contribution < -0.4 is 5.32 Å². The highest BCUT2D eigenvalue weighted by atomic mass is 32.2. The van der Waals surface area contributed by atoms with Crippen molar-refractivity contribution >= 4 is 15.9 Å². The molecule has 1 fully saturated rings. The quantitative estimate of drug-likeness (QED) is 0.887. The molecule has 1 heterocycles. The Labute approximate surface area is 132 Å². The van der Waals surface area contributed by atoms with E-state index in [1.54, 1.807) is 12.1 Å². The molecule has 0 radical (unpaired) electrons. The molecular weight excluding hydrogens is 302 g/mol. The number of carbonyl (C=O) groups excluding carboxylic acids is 1. The number of piperidine rings is 1. The van der Waals surface area contributed by atoms with Crippen LogP contribution in [-0.2, 0) is 10.0 Å². The van der Waals surface area contributed by atoms with Crippen LogP contribution in [0.25, 0.3) is 0 Å². The van der Waals surface area contributed by atoms with Crippen molar-refractivity contribution in [1.29, 1.82) is 0 Å². The highest BCUT2D eigenvalue weighted by Gasteiger charge is 2.20. The van der Waals surface area contributed by atoms with Crippen LogP contribution >= 0.6 is 0 Å². The molecule has 1 aromatic rings. The summed E-state index contributed by atoms with van der Waals surface area (Å²) in [5.74, 6) is -0.150. The first-order valence-electron chi connectivity index (χ1n) is 7.32. The first-order valence-corrected chi connectivity index (χ1v) is 8.76. The van der Waals surface area contributed by atoms with Crippen molar-refractivity contribution in [2.75, 3.05) is 34.2 Å². The maximum Gasteiger partial charge on any atom is 0.251 e. The topological polar surface area (TPSA) is 69.7 Å². The van der Waals surface area contributed by atoms with Gasteiger partial charge in [-0.2, -0.15) is 0 Å². The lowest BCUT2D eigenvalue weighted by Gasteiger charge is -2.29. The summed E-state index contributed by atoms with van der Waals surface area (Å²) in [4.78, 5) is 14.6. The average molecular weight is 325 g/mol. The number of rotatable bonds is 4. The van der Waals surface area contributed by atoms with E-state index in [0.29, 0.717) is 5.56 Å². The Kier molecular flexibility index (Phi) is 5.20. The van der Waals surface area contributed by atoms with Crippen LogP contribution in [0.4, 0.5) is 0 Å². The van der Waals surface area contributed by atoms with Gasteiger partial charge in [0.05, 0.1) is 4.90 Å². The van der Waals surface area contributed by atoms with Gasteiger partial charge in [-0.1, -0.05) is 0 Å². The number of hydrogen-bond donors (Lipinski definition) is 1. The molecule has 0 aliphatic carbocycles. The molecule has 1 N–H and O–H groups in total. The number of carbonyl (C=O) groups is 1. The van der Waals surface area contributed by atoms with Crippen LogP contribution in [0.1, 0.15) is 23.2 Å². The largest absolute Gasteiger partial charge is 0.349 e. The zero-order chi connectivity index (χ0) is 16.3. The fourth-order valence-electron chi connectivity index (χ4n) is 2.41. The second-order valence-corrected chi connectivity index (χ2v) is 8.01. The zero-order valence-electron chi connectivity index (χ0n) is 13.2. The molecule has 7 heteroatoms. The number of hydrogen-bond acceptors (Lipinski definition) is 4. The molecule has 1 saturated heterocycles. The van der Waals surface area contributed by atoms with Gasteiger partial charge in [0.2, 0.25) is 10.0 Å². The van der Waals surface area contributed by atoms with Crippen LogP contribution in [0.2, 0.25) is 0 Å². The van der Waals surface area contributed by atoms with Crippen molar-refractivity contribution in [3.8, 4) is 0 Å². The lowest BCUT2D eigenvalue weighted by atomic mass is 10.0. The number of benzene rings is 1. The third-order valence-corrected chi connectivity index (χ3v) is 5.78. The number of likely N-dealkylation sites (tertiary alicyclic amines) is 1. The fourth-order valence-corrected chi connectivity index (χ4v) is 3.31. The Balaban J connectivity index is 2.03. The molecule has 2 rings (SSSR count). The minimum Gasteiger partial charge on any atom is -0.349 e. The van der Waals surface area contributed by atoms with Gasteiger partial charge in [-0.25, -0.2) is 12.7 Å². The fraction of sp³-hybridized carbons (Fsp3) is 0.533. The first kappa shape index (κ1) is 16.9. The Morgan fingerprint density at radius 3 is 2.23 bits per heavy atom. The van der Waals surface area contributed by atoms with Gasteiger partial charge in [-0.05, 0) is 57.2 Å². The predicted octanol–water partition coefficient (Wildman–Crippen LogP) is 0.761. The molecule has 0 spiro atoms. The van der Waals surface area contributed by atoms with Crippen LogP contribution in [0, 0.1) is 0 Å². The minimum absolute atomic E-state index is 0.150. The van der Waals surface area contributed by atoms with E-state index in [-0.39, 0.29) is 16.8 Å². The van der Waals surface area contributed by atoms with Gasteiger partial charge in [-0.15, -0.1) is 0 Å². The third-order valence-electron chi connectivity index (χ3n) is 3.95.